The van der Waals surface area contributed by atoms with Crippen molar-refractivity contribution in [1.29, 1.82) is 0 Å². The Kier molecular flexibility index (Phi) is 2.95. The number of hydrogen-bond donors (Lipinski definition) is 1. The summed E-state index contributed by atoms with van der Waals surface area (Å²) in [4.78, 5) is 4.86. The standard InChI is InChI=1S/C17H27N3/c1-20-11-15(2-3-18)19-16(20)10-17-7-12-4-13(8-17)6-14(5-12)9-17/h11-14H,2-10,18H2,1H3. The van der Waals surface area contributed by atoms with Crippen LogP contribution in [0.25, 0.3) is 0 Å². The van der Waals surface area contributed by atoms with Gasteiger partial charge in [0.05, 0.1) is 5.69 Å². The monoisotopic (exact) mass is 273 g/mol. The molecule has 0 unspecified atom stereocenters. The Morgan fingerprint density at radius 3 is 2.35 bits per heavy atom. The fourth-order valence-corrected chi connectivity index (χ4v) is 5.85. The highest BCUT2D eigenvalue weighted by molar-refractivity contribution is 5.10. The molecule has 1 heterocycles. The summed E-state index contributed by atoms with van der Waals surface area (Å²) in [5.74, 6) is 4.40. The highest BCUT2D eigenvalue weighted by atomic mass is 15.0. The maximum Gasteiger partial charge on any atom is 0.109 e. The second-order valence-corrected chi connectivity index (χ2v) is 7.89. The van der Waals surface area contributed by atoms with E-state index in [1.165, 1.54) is 56.5 Å². The molecule has 110 valence electrons. The molecule has 0 saturated heterocycles. The molecule has 4 bridgehead atoms. The zero-order valence-corrected chi connectivity index (χ0v) is 12.6. The summed E-state index contributed by atoms with van der Waals surface area (Å²) in [5.41, 5.74) is 7.43. The van der Waals surface area contributed by atoms with E-state index in [1.807, 2.05) is 0 Å². The van der Waals surface area contributed by atoms with Crippen LogP contribution in [-0.4, -0.2) is 16.1 Å². The first-order valence-corrected chi connectivity index (χ1v) is 8.37. The van der Waals surface area contributed by atoms with Crippen LogP contribution in [0.5, 0.6) is 0 Å². The summed E-state index contributed by atoms with van der Waals surface area (Å²) in [6.45, 7) is 0.702. The molecule has 0 atom stereocenters. The van der Waals surface area contributed by atoms with Crippen LogP contribution in [0.4, 0.5) is 0 Å². The van der Waals surface area contributed by atoms with Crippen molar-refractivity contribution < 1.29 is 0 Å². The number of aryl methyl sites for hydroxylation is 1. The average Bonchev–Trinajstić information content (AvgIpc) is 2.67. The Hall–Kier alpha value is -0.830. The van der Waals surface area contributed by atoms with Gasteiger partial charge in [-0.1, -0.05) is 0 Å². The molecule has 20 heavy (non-hydrogen) atoms. The molecule has 0 radical (unpaired) electrons. The third-order valence-corrected chi connectivity index (χ3v) is 6.12. The van der Waals surface area contributed by atoms with E-state index >= 15 is 0 Å². The van der Waals surface area contributed by atoms with E-state index in [1.54, 1.807) is 0 Å². The van der Waals surface area contributed by atoms with Gasteiger partial charge < -0.3 is 10.3 Å². The molecule has 4 aliphatic rings. The molecule has 3 nitrogen and oxygen atoms in total. The SMILES string of the molecule is Cn1cc(CCN)nc1CC12CC3CC(CC(C3)C1)C2. The van der Waals surface area contributed by atoms with Crippen LogP contribution >= 0.6 is 0 Å². The van der Waals surface area contributed by atoms with Crippen LogP contribution in [-0.2, 0) is 19.9 Å². The Morgan fingerprint density at radius 1 is 1.20 bits per heavy atom. The number of nitrogens with two attached hydrogens (primary N) is 1. The van der Waals surface area contributed by atoms with Crippen LogP contribution < -0.4 is 5.73 Å². The van der Waals surface area contributed by atoms with Gasteiger partial charge in [-0.05, 0) is 68.2 Å². The molecule has 2 N–H and O–H groups in total. The summed E-state index contributed by atoms with van der Waals surface area (Å²) in [6.07, 6.45) is 13.3. The zero-order chi connectivity index (χ0) is 13.7. The number of nitrogens with zero attached hydrogens (tertiary/aromatic N) is 2. The van der Waals surface area contributed by atoms with E-state index in [2.05, 4.69) is 17.8 Å². The smallest absolute Gasteiger partial charge is 0.109 e. The van der Waals surface area contributed by atoms with Crippen molar-refractivity contribution in [3.05, 3.63) is 17.7 Å². The molecule has 0 amide bonds. The highest BCUT2D eigenvalue weighted by Crippen LogP contribution is 2.60. The molecule has 5 rings (SSSR count). The van der Waals surface area contributed by atoms with Crippen LogP contribution in [0.15, 0.2) is 6.20 Å². The van der Waals surface area contributed by atoms with Gasteiger partial charge in [0.15, 0.2) is 0 Å². The summed E-state index contributed by atoms with van der Waals surface area (Å²) in [5, 5.41) is 0. The van der Waals surface area contributed by atoms with Gasteiger partial charge in [0.2, 0.25) is 0 Å². The lowest BCUT2D eigenvalue weighted by molar-refractivity contribution is -0.0534. The molecule has 1 aromatic heterocycles. The van der Waals surface area contributed by atoms with Crippen LogP contribution in [0.3, 0.4) is 0 Å². The van der Waals surface area contributed by atoms with Crippen molar-refractivity contribution in [3.8, 4) is 0 Å². The second-order valence-electron chi connectivity index (χ2n) is 7.89. The van der Waals surface area contributed by atoms with Crippen LogP contribution in [0.2, 0.25) is 0 Å². The molecule has 4 fully saturated rings. The first-order valence-electron chi connectivity index (χ1n) is 8.37. The third kappa shape index (κ3) is 2.11. The van der Waals surface area contributed by atoms with Gasteiger partial charge in [0.1, 0.15) is 5.82 Å². The molecule has 4 aliphatic carbocycles. The number of aromatic nitrogens is 2. The topological polar surface area (TPSA) is 43.8 Å². The maximum atomic E-state index is 5.66. The maximum absolute atomic E-state index is 5.66. The normalized spacial score (nSPS) is 38.6. The lowest BCUT2D eigenvalue weighted by atomic mass is 9.49. The predicted octanol–water partition coefficient (Wildman–Crippen LogP) is 2.68. The summed E-state index contributed by atoms with van der Waals surface area (Å²) < 4.78 is 2.25. The van der Waals surface area contributed by atoms with Gasteiger partial charge in [-0.2, -0.15) is 0 Å². The first kappa shape index (κ1) is 12.9. The molecular formula is C17H27N3. The first-order chi connectivity index (χ1) is 9.66. The van der Waals surface area contributed by atoms with E-state index in [9.17, 15) is 0 Å². The van der Waals surface area contributed by atoms with Gasteiger partial charge in [-0.3, -0.25) is 0 Å². The number of imidazole rings is 1. The Morgan fingerprint density at radius 2 is 1.80 bits per heavy atom. The van der Waals surface area contributed by atoms with E-state index in [0.29, 0.717) is 12.0 Å². The van der Waals surface area contributed by atoms with Gasteiger partial charge in [0, 0.05) is 26.1 Å². The molecule has 4 saturated carbocycles. The highest BCUT2D eigenvalue weighted by Gasteiger charge is 2.51. The summed E-state index contributed by atoms with van der Waals surface area (Å²) in [7, 11) is 2.16. The molecule has 0 aromatic carbocycles. The van der Waals surface area contributed by atoms with Crippen molar-refractivity contribution in [2.24, 2.45) is 36.0 Å². The van der Waals surface area contributed by atoms with E-state index in [0.717, 1.165) is 24.2 Å². The van der Waals surface area contributed by atoms with Crippen molar-refractivity contribution in [2.45, 2.75) is 51.4 Å². The van der Waals surface area contributed by atoms with Crippen LogP contribution in [0.1, 0.15) is 50.0 Å². The number of hydrogen-bond acceptors (Lipinski definition) is 2. The summed E-state index contributed by atoms with van der Waals surface area (Å²) in [6, 6.07) is 0. The van der Waals surface area contributed by atoms with E-state index in [4.69, 9.17) is 10.7 Å². The third-order valence-electron chi connectivity index (χ3n) is 6.12. The second kappa shape index (κ2) is 4.59. The van der Waals surface area contributed by atoms with Gasteiger partial charge in [-0.15, -0.1) is 0 Å². The van der Waals surface area contributed by atoms with Gasteiger partial charge in [0.25, 0.3) is 0 Å². The lowest BCUT2D eigenvalue weighted by Crippen LogP contribution is -2.47. The molecule has 0 aliphatic heterocycles. The molecule has 3 heteroatoms. The minimum atomic E-state index is 0.591. The Balaban J connectivity index is 1.56. The van der Waals surface area contributed by atoms with Crippen molar-refractivity contribution in [1.82, 2.24) is 9.55 Å². The van der Waals surface area contributed by atoms with Crippen molar-refractivity contribution in [2.75, 3.05) is 6.54 Å². The van der Waals surface area contributed by atoms with Crippen LogP contribution in [0, 0.1) is 23.2 Å². The Bertz CT molecular complexity index is 467. The average molecular weight is 273 g/mol. The molecule has 1 aromatic rings. The fraction of sp³-hybridized carbons (Fsp3) is 0.824. The van der Waals surface area contributed by atoms with E-state index in [-0.39, 0.29) is 0 Å². The minimum Gasteiger partial charge on any atom is -0.338 e. The molecular weight excluding hydrogens is 246 g/mol. The fourth-order valence-electron chi connectivity index (χ4n) is 5.85. The van der Waals surface area contributed by atoms with Gasteiger partial charge >= 0.3 is 0 Å². The minimum absolute atomic E-state index is 0.591. The van der Waals surface area contributed by atoms with Crippen molar-refractivity contribution in [3.63, 3.8) is 0 Å². The lowest BCUT2D eigenvalue weighted by Gasteiger charge is -2.56. The summed E-state index contributed by atoms with van der Waals surface area (Å²) >= 11 is 0. The van der Waals surface area contributed by atoms with Gasteiger partial charge in [-0.25, -0.2) is 4.98 Å². The predicted molar refractivity (Wildman–Crippen MR) is 80.3 cm³/mol. The zero-order valence-electron chi connectivity index (χ0n) is 12.6. The molecule has 0 spiro atoms. The van der Waals surface area contributed by atoms with E-state index < -0.39 is 0 Å². The Labute approximate surface area is 122 Å². The number of rotatable bonds is 4. The quantitative estimate of drug-likeness (QED) is 0.916. The van der Waals surface area contributed by atoms with Crippen molar-refractivity contribution >= 4 is 0 Å². The largest absolute Gasteiger partial charge is 0.338 e.